The third-order valence-corrected chi connectivity index (χ3v) is 2.94. The molecule has 0 aliphatic carbocycles. The zero-order valence-electron chi connectivity index (χ0n) is 8.33. The van der Waals surface area contributed by atoms with Gasteiger partial charge >= 0.3 is 5.97 Å². The minimum Gasteiger partial charge on any atom is -0.462 e. The van der Waals surface area contributed by atoms with E-state index >= 15 is 0 Å². The number of hydrogen-bond donors (Lipinski definition) is 0. The smallest absolute Gasteiger partial charge is 0.344 e. The Morgan fingerprint density at radius 1 is 1.60 bits per heavy atom. The van der Waals surface area contributed by atoms with E-state index < -0.39 is 0 Å². The van der Waals surface area contributed by atoms with Gasteiger partial charge in [0.15, 0.2) is 0 Å². The van der Waals surface area contributed by atoms with Gasteiger partial charge in [0.05, 0.1) is 11.5 Å². The van der Waals surface area contributed by atoms with Gasteiger partial charge in [-0.25, -0.2) is 4.79 Å². The molecule has 0 aliphatic heterocycles. The van der Waals surface area contributed by atoms with Crippen LogP contribution in [-0.4, -0.2) is 12.6 Å². The van der Waals surface area contributed by atoms with Crippen LogP contribution in [0.3, 0.4) is 0 Å². The van der Waals surface area contributed by atoms with Crippen LogP contribution in [0.5, 0.6) is 0 Å². The Morgan fingerprint density at radius 2 is 2.33 bits per heavy atom. The fourth-order valence-corrected chi connectivity index (χ4v) is 2.24. The molecule has 0 radical (unpaired) electrons. The highest BCUT2D eigenvalue weighted by atomic mass is 79.9. The van der Waals surface area contributed by atoms with Crippen molar-refractivity contribution in [2.24, 2.45) is 0 Å². The molecule has 15 heavy (non-hydrogen) atoms. The highest BCUT2D eigenvalue weighted by Crippen LogP contribution is 2.28. The van der Waals surface area contributed by atoms with E-state index in [0.717, 1.165) is 9.37 Å². The van der Waals surface area contributed by atoms with Crippen LogP contribution in [0.25, 0.3) is 0 Å². The van der Waals surface area contributed by atoms with E-state index in [0.29, 0.717) is 11.5 Å². The third kappa shape index (κ3) is 4.10. The van der Waals surface area contributed by atoms with Crippen LogP contribution in [-0.2, 0) is 9.53 Å². The minimum absolute atomic E-state index is 0.359. The molecule has 0 heterocycles. The van der Waals surface area contributed by atoms with E-state index in [-0.39, 0.29) is 5.97 Å². The molecule has 4 heteroatoms. The molecule has 0 spiro atoms. The Balaban J connectivity index is 2.62. The summed E-state index contributed by atoms with van der Waals surface area (Å²) >= 11 is 4.67. The molecule has 0 saturated heterocycles. The SMILES string of the molecule is C=C(Sc1cccc(Br)c1)C(=O)OCC. The lowest BCUT2D eigenvalue weighted by Crippen LogP contribution is -2.03. The van der Waals surface area contributed by atoms with Gasteiger partial charge in [0.2, 0.25) is 0 Å². The molecule has 0 bridgehead atoms. The number of halogens is 1. The standard InChI is InChI=1S/C11H11BrO2S/c1-3-14-11(13)8(2)15-10-6-4-5-9(12)7-10/h4-7H,2-3H2,1H3. The van der Waals surface area contributed by atoms with Gasteiger partial charge in [0.25, 0.3) is 0 Å². The van der Waals surface area contributed by atoms with Gasteiger partial charge in [-0.05, 0) is 25.1 Å². The summed E-state index contributed by atoms with van der Waals surface area (Å²) < 4.78 is 5.81. The van der Waals surface area contributed by atoms with Gasteiger partial charge in [-0.15, -0.1) is 0 Å². The second-order valence-corrected chi connectivity index (χ2v) is 4.79. The summed E-state index contributed by atoms with van der Waals surface area (Å²) in [6.07, 6.45) is 0. The third-order valence-electron chi connectivity index (χ3n) is 1.54. The first-order chi connectivity index (χ1) is 7.13. The Hall–Kier alpha value is -0.740. The van der Waals surface area contributed by atoms with Crippen LogP contribution in [0.15, 0.2) is 45.1 Å². The lowest BCUT2D eigenvalue weighted by atomic mass is 10.4. The van der Waals surface area contributed by atoms with Gasteiger partial charge in [0, 0.05) is 9.37 Å². The molecule has 0 amide bonds. The zero-order valence-corrected chi connectivity index (χ0v) is 10.7. The molecule has 1 aromatic rings. The van der Waals surface area contributed by atoms with Crippen LogP contribution < -0.4 is 0 Å². The van der Waals surface area contributed by atoms with E-state index in [2.05, 4.69) is 22.5 Å². The summed E-state index contributed by atoms with van der Waals surface area (Å²) in [5.74, 6) is -0.359. The second kappa shape index (κ2) is 5.98. The summed E-state index contributed by atoms with van der Waals surface area (Å²) in [6.45, 7) is 5.82. The minimum atomic E-state index is -0.359. The first kappa shape index (κ1) is 12.3. The number of thioether (sulfide) groups is 1. The van der Waals surface area contributed by atoms with Crippen molar-refractivity contribution in [1.82, 2.24) is 0 Å². The highest BCUT2D eigenvalue weighted by Gasteiger charge is 2.09. The number of carbonyl (C=O) groups is 1. The second-order valence-electron chi connectivity index (χ2n) is 2.70. The largest absolute Gasteiger partial charge is 0.462 e. The predicted molar refractivity (Wildman–Crippen MR) is 65.8 cm³/mol. The number of ether oxygens (including phenoxy) is 1. The number of carbonyl (C=O) groups excluding carboxylic acids is 1. The van der Waals surface area contributed by atoms with Gasteiger partial charge in [0.1, 0.15) is 0 Å². The summed E-state index contributed by atoms with van der Waals surface area (Å²) in [4.78, 5) is 12.6. The molecule has 2 nitrogen and oxygen atoms in total. The molecule has 0 fully saturated rings. The van der Waals surface area contributed by atoms with E-state index in [1.54, 1.807) is 6.92 Å². The van der Waals surface area contributed by atoms with Crippen molar-refractivity contribution in [3.05, 3.63) is 40.2 Å². The Labute approximate surface area is 102 Å². The Bertz CT molecular complexity index is 377. The number of rotatable bonds is 4. The molecular weight excluding hydrogens is 276 g/mol. The van der Waals surface area contributed by atoms with Crippen LogP contribution in [0.4, 0.5) is 0 Å². The van der Waals surface area contributed by atoms with Crippen molar-refractivity contribution >= 4 is 33.7 Å². The fourth-order valence-electron chi connectivity index (χ4n) is 0.926. The van der Waals surface area contributed by atoms with E-state index in [9.17, 15) is 4.79 Å². The molecule has 0 saturated carbocycles. The summed E-state index contributed by atoms with van der Waals surface area (Å²) in [5, 5.41) is 0. The number of hydrogen-bond acceptors (Lipinski definition) is 3. The molecule has 80 valence electrons. The number of esters is 1. The van der Waals surface area contributed by atoms with Crippen LogP contribution in [0.1, 0.15) is 6.92 Å². The molecule has 0 aromatic heterocycles. The molecule has 0 atom stereocenters. The van der Waals surface area contributed by atoms with Crippen LogP contribution >= 0.6 is 27.7 Å². The zero-order chi connectivity index (χ0) is 11.3. The topological polar surface area (TPSA) is 26.3 Å². The lowest BCUT2D eigenvalue weighted by molar-refractivity contribution is -0.137. The van der Waals surface area contributed by atoms with Crippen molar-refractivity contribution in [3.8, 4) is 0 Å². The van der Waals surface area contributed by atoms with Gasteiger partial charge < -0.3 is 4.74 Å². The summed E-state index contributed by atoms with van der Waals surface area (Å²) in [5.41, 5.74) is 0. The monoisotopic (exact) mass is 286 g/mol. The first-order valence-electron chi connectivity index (χ1n) is 4.43. The predicted octanol–water partition coefficient (Wildman–Crippen LogP) is 3.62. The molecule has 1 rings (SSSR count). The Kier molecular flexibility index (Phi) is 4.91. The Morgan fingerprint density at radius 3 is 2.93 bits per heavy atom. The quantitative estimate of drug-likeness (QED) is 0.480. The maximum Gasteiger partial charge on any atom is 0.344 e. The van der Waals surface area contributed by atoms with Crippen molar-refractivity contribution in [3.63, 3.8) is 0 Å². The summed E-state index contributed by atoms with van der Waals surface area (Å²) in [6, 6.07) is 7.68. The van der Waals surface area contributed by atoms with Gasteiger partial charge in [-0.3, -0.25) is 0 Å². The molecule has 1 aromatic carbocycles. The fraction of sp³-hybridized carbons (Fsp3) is 0.182. The van der Waals surface area contributed by atoms with E-state index in [4.69, 9.17) is 4.74 Å². The highest BCUT2D eigenvalue weighted by molar-refractivity contribution is 9.10. The summed E-state index contributed by atoms with van der Waals surface area (Å²) in [7, 11) is 0. The number of benzene rings is 1. The lowest BCUT2D eigenvalue weighted by Gasteiger charge is -2.04. The van der Waals surface area contributed by atoms with E-state index in [1.165, 1.54) is 11.8 Å². The van der Waals surface area contributed by atoms with Crippen LogP contribution in [0, 0.1) is 0 Å². The molecular formula is C11H11BrO2S. The molecule has 0 aliphatic rings. The molecule has 0 unspecified atom stereocenters. The van der Waals surface area contributed by atoms with Gasteiger partial charge in [-0.2, -0.15) is 0 Å². The maximum atomic E-state index is 11.3. The first-order valence-corrected chi connectivity index (χ1v) is 6.04. The van der Waals surface area contributed by atoms with Crippen molar-refractivity contribution in [2.45, 2.75) is 11.8 Å². The average molecular weight is 287 g/mol. The van der Waals surface area contributed by atoms with Crippen molar-refractivity contribution in [1.29, 1.82) is 0 Å². The van der Waals surface area contributed by atoms with Gasteiger partial charge in [-0.1, -0.05) is 40.3 Å². The molecule has 0 N–H and O–H groups in total. The maximum absolute atomic E-state index is 11.3. The average Bonchev–Trinajstić information content (AvgIpc) is 2.18. The van der Waals surface area contributed by atoms with Crippen molar-refractivity contribution < 1.29 is 9.53 Å². The van der Waals surface area contributed by atoms with E-state index in [1.807, 2.05) is 24.3 Å². The normalized spacial score (nSPS) is 9.73. The van der Waals surface area contributed by atoms with Crippen LogP contribution in [0.2, 0.25) is 0 Å². The van der Waals surface area contributed by atoms with Crippen molar-refractivity contribution in [2.75, 3.05) is 6.61 Å².